The van der Waals surface area contributed by atoms with Crippen LogP contribution in [0.2, 0.25) is 0 Å². The third kappa shape index (κ3) is 4.03. The number of aromatic nitrogens is 4. The van der Waals surface area contributed by atoms with Gasteiger partial charge in [-0.25, -0.2) is 23.1 Å². The Balaban J connectivity index is 1.70. The maximum Gasteiger partial charge on any atom is 0.276 e. The standard InChI is InChI=1S/C16H16N6O3S/c1-2-22-11-8-14(20-22)15(23)19-12-4-6-13(7-5-12)26(24,25)21-16-17-9-3-10-18-16/h3-11H,2H2,1H3,(H,19,23)(H,17,18,21). The van der Waals surface area contributed by atoms with E-state index in [0.717, 1.165) is 0 Å². The maximum atomic E-state index is 12.3. The van der Waals surface area contributed by atoms with Gasteiger partial charge in [-0.2, -0.15) is 5.10 Å². The smallest absolute Gasteiger partial charge is 0.276 e. The number of benzene rings is 1. The number of nitrogens with one attached hydrogen (secondary N) is 2. The second kappa shape index (κ2) is 7.31. The van der Waals surface area contributed by atoms with Gasteiger partial charge in [-0.1, -0.05) is 0 Å². The van der Waals surface area contributed by atoms with E-state index < -0.39 is 10.0 Å². The highest BCUT2D eigenvalue weighted by molar-refractivity contribution is 7.92. The lowest BCUT2D eigenvalue weighted by molar-refractivity contribution is 0.102. The van der Waals surface area contributed by atoms with E-state index in [-0.39, 0.29) is 22.4 Å². The van der Waals surface area contributed by atoms with E-state index in [1.165, 1.54) is 36.7 Å². The minimum atomic E-state index is -3.81. The fourth-order valence-corrected chi connectivity index (χ4v) is 3.06. The normalized spacial score (nSPS) is 11.1. The van der Waals surface area contributed by atoms with Gasteiger partial charge in [0, 0.05) is 30.8 Å². The van der Waals surface area contributed by atoms with Crippen molar-refractivity contribution < 1.29 is 13.2 Å². The van der Waals surface area contributed by atoms with Gasteiger partial charge in [0.05, 0.1) is 4.90 Å². The molecular formula is C16H16N6O3S. The van der Waals surface area contributed by atoms with Crippen LogP contribution in [0.1, 0.15) is 17.4 Å². The zero-order valence-electron chi connectivity index (χ0n) is 13.8. The first-order valence-electron chi connectivity index (χ1n) is 7.72. The van der Waals surface area contributed by atoms with Crippen molar-refractivity contribution in [1.82, 2.24) is 19.7 Å². The number of rotatable bonds is 6. The third-order valence-corrected chi connectivity index (χ3v) is 4.76. The van der Waals surface area contributed by atoms with Gasteiger partial charge in [0.25, 0.3) is 15.9 Å². The fraction of sp³-hybridized carbons (Fsp3) is 0.125. The van der Waals surface area contributed by atoms with Crippen LogP contribution in [0.5, 0.6) is 0 Å². The monoisotopic (exact) mass is 372 g/mol. The summed E-state index contributed by atoms with van der Waals surface area (Å²) in [6, 6.07) is 8.95. The summed E-state index contributed by atoms with van der Waals surface area (Å²) < 4.78 is 28.5. The van der Waals surface area contributed by atoms with Crippen LogP contribution >= 0.6 is 0 Å². The number of sulfonamides is 1. The van der Waals surface area contributed by atoms with Gasteiger partial charge >= 0.3 is 0 Å². The Labute approximate surface area is 150 Å². The maximum absolute atomic E-state index is 12.3. The summed E-state index contributed by atoms with van der Waals surface area (Å²) in [5.74, 6) is -0.389. The second-order valence-corrected chi connectivity index (χ2v) is 6.90. The summed E-state index contributed by atoms with van der Waals surface area (Å²) in [6.07, 6.45) is 4.58. The molecule has 26 heavy (non-hydrogen) atoms. The molecule has 0 saturated carbocycles. The Morgan fingerprint density at radius 2 is 1.81 bits per heavy atom. The predicted octanol–water partition coefficient (Wildman–Crippen LogP) is 1.75. The SMILES string of the molecule is CCn1ccc(C(=O)Nc2ccc(S(=O)(=O)Nc3ncccn3)cc2)n1. The second-order valence-electron chi connectivity index (χ2n) is 5.21. The quantitative estimate of drug-likeness (QED) is 0.680. The van der Waals surface area contributed by atoms with Gasteiger partial charge in [-0.05, 0) is 43.3 Å². The molecule has 0 saturated heterocycles. The molecule has 1 aromatic carbocycles. The number of amides is 1. The number of hydrogen-bond acceptors (Lipinski definition) is 6. The van der Waals surface area contributed by atoms with E-state index in [9.17, 15) is 13.2 Å². The summed E-state index contributed by atoms with van der Waals surface area (Å²) in [5.41, 5.74) is 0.738. The van der Waals surface area contributed by atoms with Crippen LogP contribution in [0.3, 0.4) is 0 Å². The van der Waals surface area contributed by atoms with Crippen LogP contribution in [0.4, 0.5) is 11.6 Å². The van der Waals surface area contributed by atoms with Crippen LogP contribution in [0, 0.1) is 0 Å². The van der Waals surface area contributed by atoms with Crippen LogP contribution in [0.25, 0.3) is 0 Å². The molecule has 3 aromatic rings. The highest BCUT2D eigenvalue weighted by Crippen LogP contribution is 2.16. The predicted molar refractivity (Wildman–Crippen MR) is 95.1 cm³/mol. The van der Waals surface area contributed by atoms with E-state index in [1.807, 2.05) is 6.92 Å². The summed E-state index contributed by atoms with van der Waals surface area (Å²) in [7, 11) is -3.81. The minimum absolute atomic E-state index is 0.0172. The summed E-state index contributed by atoms with van der Waals surface area (Å²) >= 11 is 0. The Bertz CT molecular complexity index is 1000. The molecule has 0 bridgehead atoms. The van der Waals surface area contributed by atoms with E-state index in [2.05, 4.69) is 25.1 Å². The molecule has 10 heteroatoms. The molecule has 0 spiro atoms. The van der Waals surface area contributed by atoms with E-state index in [4.69, 9.17) is 0 Å². The number of carbonyl (C=O) groups excluding carboxylic acids is 1. The molecule has 0 atom stereocenters. The molecule has 1 amide bonds. The zero-order chi connectivity index (χ0) is 18.6. The van der Waals surface area contributed by atoms with E-state index in [0.29, 0.717) is 12.2 Å². The van der Waals surface area contributed by atoms with Crippen molar-refractivity contribution >= 4 is 27.6 Å². The number of nitrogens with zero attached hydrogens (tertiary/aromatic N) is 4. The van der Waals surface area contributed by atoms with Crippen molar-refractivity contribution in [2.75, 3.05) is 10.0 Å². The minimum Gasteiger partial charge on any atom is -0.321 e. The Morgan fingerprint density at radius 3 is 2.42 bits per heavy atom. The Morgan fingerprint density at radius 1 is 1.12 bits per heavy atom. The molecule has 9 nitrogen and oxygen atoms in total. The van der Waals surface area contributed by atoms with Crippen molar-refractivity contribution in [2.45, 2.75) is 18.4 Å². The van der Waals surface area contributed by atoms with Gasteiger partial charge in [-0.15, -0.1) is 0 Å². The van der Waals surface area contributed by atoms with Gasteiger partial charge in [-0.3, -0.25) is 9.48 Å². The Kier molecular flexibility index (Phi) is 4.94. The lowest BCUT2D eigenvalue weighted by Crippen LogP contribution is -2.15. The number of hydrogen-bond donors (Lipinski definition) is 2. The first-order chi connectivity index (χ1) is 12.5. The number of carbonyl (C=O) groups is 1. The number of aryl methyl sites for hydroxylation is 1. The molecule has 0 aliphatic heterocycles. The van der Waals surface area contributed by atoms with Gasteiger partial charge < -0.3 is 5.32 Å². The molecule has 0 unspecified atom stereocenters. The zero-order valence-corrected chi connectivity index (χ0v) is 14.6. The molecule has 0 aliphatic rings. The average Bonchev–Trinajstić information content (AvgIpc) is 3.12. The fourth-order valence-electron chi connectivity index (χ4n) is 2.10. The summed E-state index contributed by atoms with van der Waals surface area (Å²) in [6.45, 7) is 2.58. The molecular weight excluding hydrogens is 356 g/mol. The highest BCUT2D eigenvalue weighted by atomic mass is 32.2. The molecule has 2 aromatic heterocycles. The topological polar surface area (TPSA) is 119 Å². The van der Waals surface area contributed by atoms with Crippen LogP contribution in [-0.4, -0.2) is 34.1 Å². The molecule has 0 radical (unpaired) electrons. The first kappa shape index (κ1) is 17.5. The van der Waals surface area contributed by atoms with E-state index >= 15 is 0 Å². The van der Waals surface area contributed by atoms with Crippen molar-refractivity contribution in [2.24, 2.45) is 0 Å². The summed E-state index contributed by atoms with van der Waals surface area (Å²) in [5, 5.41) is 6.78. The molecule has 2 heterocycles. The molecule has 0 fully saturated rings. The van der Waals surface area contributed by atoms with Crippen LogP contribution in [0.15, 0.2) is 59.9 Å². The van der Waals surface area contributed by atoms with Crippen LogP contribution < -0.4 is 10.0 Å². The summed E-state index contributed by atoms with van der Waals surface area (Å²) in [4.78, 5) is 19.8. The van der Waals surface area contributed by atoms with Crippen molar-refractivity contribution in [3.05, 3.63) is 60.7 Å². The third-order valence-electron chi connectivity index (χ3n) is 3.41. The molecule has 134 valence electrons. The molecule has 0 aliphatic carbocycles. The van der Waals surface area contributed by atoms with Crippen molar-refractivity contribution in [1.29, 1.82) is 0 Å². The first-order valence-corrected chi connectivity index (χ1v) is 9.21. The van der Waals surface area contributed by atoms with Gasteiger partial charge in [0.1, 0.15) is 0 Å². The molecule has 2 N–H and O–H groups in total. The lowest BCUT2D eigenvalue weighted by atomic mass is 10.3. The van der Waals surface area contributed by atoms with Crippen molar-refractivity contribution in [3.63, 3.8) is 0 Å². The largest absolute Gasteiger partial charge is 0.321 e. The van der Waals surface area contributed by atoms with E-state index in [1.54, 1.807) is 23.0 Å². The average molecular weight is 372 g/mol. The highest BCUT2D eigenvalue weighted by Gasteiger charge is 2.16. The van der Waals surface area contributed by atoms with Gasteiger partial charge in [0.2, 0.25) is 5.95 Å². The number of anilines is 2. The Hall–Kier alpha value is -3.27. The lowest BCUT2D eigenvalue weighted by Gasteiger charge is -2.08. The van der Waals surface area contributed by atoms with Gasteiger partial charge in [0.15, 0.2) is 5.69 Å². The van der Waals surface area contributed by atoms with Crippen molar-refractivity contribution in [3.8, 4) is 0 Å². The molecule has 3 rings (SSSR count). The van der Waals surface area contributed by atoms with Crippen LogP contribution in [-0.2, 0) is 16.6 Å².